The lowest BCUT2D eigenvalue weighted by atomic mass is 10.3. The molecule has 0 radical (unpaired) electrons. The van der Waals surface area contributed by atoms with E-state index in [4.69, 9.17) is 16.8 Å². The molecule has 0 spiro atoms. The van der Waals surface area contributed by atoms with Crippen molar-refractivity contribution < 1.29 is 9.60 Å². The molecule has 0 aliphatic carbocycles. The van der Waals surface area contributed by atoms with Gasteiger partial charge in [0.15, 0.2) is 5.15 Å². The van der Waals surface area contributed by atoms with E-state index in [1.165, 1.54) is 17.0 Å². The average Bonchev–Trinajstić information content (AvgIpc) is 2.50. The molecule has 0 aromatic carbocycles. The fraction of sp³-hybridized carbons (Fsp3) is 0.125. The molecule has 14 heavy (non-hydrogen) atoms. The Balaban J connectivity index is 2.35. The number of hydrogen-bond acceptors (Lipinski definition) is 3. The SMILES string of the molecule is ON1C=C(n2ccc(Cl)n2)C=C(F)C1. The molecule has 0 saturated carbocycles. The highest BCUT2D eigenvalue weighted by Gasteiger charge is 2.11. The number of hydrogen-bond donors (Lipinski definition) is 1. The fourth-order valence-electron chi connectivity index (χ4n) is 1.17. The van der Waals surface area contributed by atoms with Gasteiger partial charge in [0.1, 0.15) is 5.83 Å². The van der Waals surface area contributed by atoms with Gasteiger partial charge in [-0.25, -0.2) is 9.07 Å². The van der Waals surface area contributed by atoms with Gasteiger partial charge in [-0.15, -0.1) is 0 Å². The van der Waals surface area contributed by atoms with Crippen molar-refractivity contribution in [1.29, 1.82) is 0 Å². The third-order valence-electron chi connectivity index (χ3n) is 1.72. The van der Waals surface area contributed by atoms with Crippen molar-refractivity contribution >= 4 is 17.3 Å². The Kier molecular flexibility index (Phi) is 2.26. The van der Waals surface area contributed by atoms with E-state index in [-0.39, 0.29) is 6.54 Å². The first-order chi connectivity index (χ1) is 6.65. The predicted octanol–water partition coefficient (Wildman–Crippen LogP) is 1.89. The van der Waals surface area contributed by atoms with Crippen LogP contribution in [0.4, 0.5) is 4.39 Å². The number of hydroxylamine groups is 2. The van der Waals surface area contributed by atoms with Gasteiger partial charge in [0.25, 0.3) is 0 Å². The number of nitrogens with zero attached hydrogens (tertiary/aromatic N) is 3. The van der Waals surface area contributed by atoms with Gasteiger partial charge >= 0.3 is 0 Å². The topological polar surface area (TPSA) is 41.3 Å². The number of aromatic nitrogens is 2. The molecule has 1 aromatic rings. The van der Waals surface area contributed by atoms with Crippen molar-refractivity contribution in [2.45, 2.75) is 0 Å². The van der Waals surface area contributed by atoms with Gasteiger partial charge < -0.3 is 0 Å². The molecule has 2 rings (SSSR count). The van der Waals surface area contributed by atoms with Crippen molar-refractivity contribution in [2.24, 2.45) is 0 Å². The summed E-state index contributed by atoms with van der Waals surface area (Å²) in [6.07, 6.45) is 4.24. The molecule has 0 amide bonds. The fourth-order valence-corrected chi connectivity index (χ4v) is 1.31. The smallest absolute Gasteiger partial charge is 0.151 e. The van der Waals surface area contributed by atoms with E-state index in [0.29, 0.717) is 10.9 Å². The summed E-state index contributed by atoms with van der Waals surface area (Å²) in [5, 5.41) is 14.1. The second kappa shape index (κ2) is 3.43. The third-order valence-corrected chi connectivity index (χ3v) is 1.92. The Hall–Kier alpha value is -1.33. The highest BCUT2D eigenvalue weighted by molar-refractivity contribution is 6.29. The first-order valence-electron chi connectivity index (χ1n) is 3.90. The van der Waals surface area contributed by atoms with Crippen LogP contribution in [0.3, 0.4) is 0 Å². The molecule has 0 bridgehead atoms. The molecule has 0 fully saturated rings. The Labute approximate surface area is 84.5 Å². The normalized spacial score (nSPS) is 16.6. The molecule has 6 heteroatoms. The molecule has 1 aliphatic heterocycles. The number of rotatable bonds is 1. The second-order valence-corrected chi connectivity index (χ2v) is 3.21. The Morgan fingerprint density at radius 1 is 1.57 bits per heavy atom. The van der Waals surface area contributed by atoms with Crippen molar-refractivity contribution in [1.82, 2.24) is 14.8 Å². The van der Waals surface area contributed by atoms with Crippen LogP contribution in [-0.4, -0.2) is 26.6 Å². The summed E-state index contributed by atoms with van der Waals surface area (Å²) < 4.78 is 14.3. The van der Waals surface area contributed by atoms with Gasteiger partial charge in [-0.3, -0.25) is 10.3 Å². The van der Waals surface area contributed by atoms with E-state index >= 15 is 0 Å². The maximum Gasteiger partial charge on any atom is 0.151 e. The molecule has 1 aliphatic rings. The largest absolute Gasteiger partial charge is 0.289 e. The van der Waals surface area contributed by atoms with Crippen LogP contribution in [-0.2, 0) is 0 Å². The van der Waals surface area contributed by atoms with Gasteiger partial charge in [0, 0.05) is 6.20 Å². The van der Waals surface area contributed by atoms with Crippen LogP contribution in [0.1, 0.15) is 0 Å². The second-order valence-electron chi connectivity index (χ2n) is 2.83. The Morgan fingerprint density at radius 3 is 2.93 bits per heavy atom. The van der Waals surface area contributed by atoms with Crippen LogP contribution in [0.2, 0.25) is 5.15 Å². The van der Waals surface area contributed by atoms with E-state index in [2.05, 4.69) is 5.10 Å². The summed E-state index contributed by atoms with van der Waals surface area (Å²) in [6.45, 7) is -0.140. The number of allylic oxidation sites excluding steroid dienone is 2. The van der Waals surface area contributed by atoms with Gasteiger partial charge in [0.2, 0.25) is 0 Å². The van der Waals surface area contributed by atoms with Crippen molar-refractivity contribution in [3.05, 3.63) is 35.5 Å². The summed E-state index contributed by atoms with van der Waals surface area (Å²) >= 11 is 5.60. The highest BCUT2D eigenvalue weighted by atomic mass is 35.5. The Bertz CT molecular complexity index is 412. The molecular weight excluding hydrogens is 209 g/mol. The average molecular weight is 216 g/mol. The lowest BCUT2D eigenvalue weighted by molar-refractivity contribution is -0.0366. The minimum Gasteiger partial charge on any atom is -0.289 e. The zero-order chi connectivity index (χ0) is 10.1. The molecule has 0 saturated heterocycles. The summed E-state index contributed by atoms with van der Waals surface area (Å²) in [7, 11) is 0. The van der Waals surface area contributed by atoms with E-state index in [1.807, 2.05) is 0 Å². The quantitative estimate of drug-likeness (QED) is 0.778. The van der Waals surface area contributed by atoms with Crippen LogP contribution >= 0.6 is 11.6 Å². The van der Waals surface area contributed by atoms with E-state index < -0.39 is 5.83 Å². The minimum absolute atomic E-state index is 0.140. The number of halogens is 2. The van der Waals surface area contributed by atoms with E-state index in [1.54, 1.807) is 12.3 Å². The molecular formula is C8H7ClFN3O. The summed E-state index contributed by atoms with van der Waals surface area (Å²) in [5.74, 6) is -0.434. The van der Waals surface area contributed by atoms with Crippen LogP contribution in [0.15, 0.2) is 30.4 Å². The monoisotopic (exact) mass is 215 g/mol. The molecule has 0 unspecified atom stereocenters. The van der Waals surface area contributed by atoms with Gasteiger partial charge in [0.05, 0.1) is 18.4 Å². The van der Waals surface area contributed by atoms with Crippen molar-refractivity contribution in [3.63, 3.8) is 0 Å². The van der Waals surface area contributed by atoms with Crippen molar-refractivity contribution in [2.75, 3.05) is 6.54 Å². The van der Waals surface area contributed by atoms with E-state index in [9.17, 15) is 4.39 Å². The summed E-state index contributed by atoms with van der Waals surface area (Å²) in [5.41, 5.74) is 0.420. The first kappa shape index (κ1) is 9.23. The summed E-state index contributed by atoms with van der Waals surface area (Å²) in [6, 6.07) is 1.57. The lowest BCUT2D eigenvalue weighted by Gasteiger charge is -2.17. The zero-order valence-electron chi connectivity index (χ0n) is 7.06. The van der Waals surface area contributed by atoms with Crippen LogP contribution in [0, 0.1) is 0 Å². The maximum atomic E-state index is 12.9. The van der Waals surface area contributed by atoms with Crippen LogP contribution in [0.5, 0.6) is 0 Å². The minimum atomic E-state index is -0.434. The Morgan fingerprint density at radius 2 is 2.36 bits per heavy atom. The molecule has 2 heterocycles. The molecule has 4 nitrogen and oxygen atoms in total. The van der Waals surface area contributed by atoms with Gasteiger partial charge in [-0.05, 0) is 12.1 Å². The standard InChI is InChI=1S/C8H7ClFN3O/c9-8-1-2-13(11-8)7-3-6(10)4-12(14)5-7/h1-3,5,14H,4H2. The zero-order valence-corrected chi connectivity index (χ0v) is 7.82. The highest BCUT2D eigenvalue weighted by Crippen LogP contribution is 2.17. The molecule has 0 atom stereocenters. The van der Waals surface area contributed by atoms with Crippen molar-refractivity contribution in [3.8, 4) is 0 Å². The third kappa shape index (κ3) is 1.78. The summed E-state index contributed by atoms with van der Waals surface area (Å²) in [4.78, 5) is 0. The lowest BCUT2D eigenvalue weighted by Crippen LogP contribution is -2.19. The van der Waals surface area contributed by atoms with Crippen LogP contribution in [0.25, 0.3) is 5.70 Å². The predicted molar refractivity (Wildman–Crippen MR) is 49.2 cm³/mol. The van der Waals surface area contributed by atoms with Crippen LogP contribution < -0.4 is 0 Å². The van der Waals surface area contributed by atoms with Gasteiger partial charge in [-0.2, -0.15) is 5.10 Å². The van der Waals surface area contributed by atoms with E-state index in [0.717, 1.165) is 5.06 Å². The van der Waals surface area contributed by atoms with Gasteiger partial charge in [-0.1, -0.05) is 11.6 Å². The molecule has 1 aromatic heterocycles. The molecule has 1 N–H and O–H groups in total. The molecule has 74 valence electrons. The maximum absolute atomic E-state index is 12.9. The first-order valence-corrected chi connectivity index (χ1v) is 4.28.